The molecule has 0 atom stereocenters. The second kappa shape index (κ2) is 63.2. The van der Waals surface area contributed by atoms with Crippen LogP contribution in [0.1, 0.15) is 4.28 Å². The number of carbonyl (C=O) groups is 1. The first-order valence-corrected chi connectivity index (χ1v) is 2.84. The van der Waals surface area contributed by atoms with E-state index >= 15 is 0 Å². The molecule has 0 aliphatic heterocycles. The average molecular weight is 324 g/mol. The van der Waals surface area contributed by atoms with Gasteiger partial charge in [0.15, 0.2) is 0 Å². The van der Waals surface area contributed by atoms with Crippen molar-refractivity contribution < 1.29 is 155 Å². The van der Waals surface area contributed by atoms with Crippen LogP contribution in [0.5, 0.6) is 0 Å². The van der Waals surface area contributed by atoms with Gasteiger partial charge in [0.1, 0.15) is 0 Å². The molecular formula is CH20Na3O12P. The van der Waals surface area contributed by atoms with Crippen molar-refractivity contribution in [2.75, 3.05) is 0 Å². The van der Waals surface area contributed by atoms with Crippen LogP contribution in [0.2, 0.25) is 0 Å². The zero-order valence-corrected chi connectivity index (χ0v) is 16.5. The molecule has 0 aromatic carbocycles. The Morgan fingerprint density at radius 1 is 0.765 bits per heavy atom. The number of hydrogen-bond acceptors (Lipinski definition) is 2. The van der Waals surface area contributed by atoms with Crippen molar-refractivity contribution in [1.29, 1.82) is 0 Å². The molecule has 0 amide bonds. The van der Waals surface area contributed by atoms with Crippen LogP contribution in [0, 0.1) is 0 Å². The maximum absolute atomic E-state index is 8.88. The van der Waals surface area contributed by atoms with Gasteiger partial charge < -0.3 is 56.9 Å². The molecule has 0 aliphatic carbocycles. The van der Waals surface area contributed by atoms with Crippen molar-refractivity contribution in [3.63, 3.8) is 0 Å². The molecule has 0 unspecified atom stereocenters. The minimum absolute atomic E-state index is 0. The predicted molar refractivity (Wildman–Crippen MR) is 48.0 cm³/mol. The molecule has 0 bridgehead atoms. The van der Waals surface area contributed by atoms with E-state index in [2.05, 4.69) is 0 Å². The third kappa shape index (κ3) is 894. The first-order valence-electron chi connectivity index (χ1n) is 1.28. The van der Waals surface area contributed by atoms with Gasteiger partial charge in [-0.05, 0) is 0 Å². The topological polar surface area (TPSA) is 304 Å². The minimum Gasteiger partial charge on any atom is -1.00 e. The van der Waals surface area contributed by atoms with Crippen molar-refractivity contribution in [1.82, 2.24) is 0 Å². The van der Waals surface area contributed by atoms with E-state index in [4.69, 9.17) is 29.1 Å². The smallest absolute Gasteiger partial charge is 1.00 e. The summed E-state index contributed by atoms with van der Waals surface area (Å²) in [5.41, 5.74) is 0. The van der Waals surface area contributed by atoms with Gasteiger partial charge in [-0.1, -0.05) is 0 Å². The van der Waals surface area contributed by atoms with Crippen molar-refractivity contribution in [2.45, 2.75) is 0 Å². The summed E-state index contributed by atoms with van der Waals surface area (Å²) in [5, 5.41) is 6.89. The third-order valence-corrected chi connectivity index (χ3v) is 0. The fraction of sp³-hybridized carbons (Fsp3) is 0. The van der Waals surface area contributed by atoms with Crippen LogP contribution < -0.4 is 88.7 Å². The van der Waals surface area contributed by atoms with Gasteiger partial charge in [-0.2, -0.15) is 0 Å². The third-order valence-electron chi connectivity index (χ3n) is 0. The number of phosphoric acid groups is 1. The second-order valence-electron chi connectivity index (χ2n) is 0.619. The molecule has 0 fully saturated rings. The molecule has 0 spiro atoms. The van der Waals surface area contributed by atoms with E-state index in [1.165, 1.54) is 0 Å². The Bertz CT molecular complexity index is 108. The van der Waals surface area contributed by atoms with Gasteiger partial charge in [0.2, 0.25) is 0 Å². The molecule has 0 aromatic heterocycles. The van der Waals surface area contributed by atoms with E-state index in [-0.39, 0.29) is 132 Å². The Hall–Kier alpha value is 2.34. The van der Waals surface area contributed by atoms with E-state index in [0.717, 1.165) is 0 Å². The maximum Gasteiger partial charge on any atom is 1.00 e. The molecule has 12 nitrogen and oxygen atoms in total. The van der Waals surface area contributed by atoms with Gasteiger partial charge in [-0.15, -0.1) is 0 Å². The maximum atomic E-state index is 8.88. The Morgan fingerprint density at radius 3 is 0.765 bits per heavy atom. The molecule has 0 aromatic rings. The van der Waals surface area contributed by atoms with Gasteiger partial charge >= 0.3 is 96.5 Å². The molecule has 16 N–H and O–H groups in total. The van der Waals surface area contributed by atoms with Crippen molar-refractivity contribution in [2.24, 2.45) is 0 Å². The van der Waals surface area contributed by atoms with Crippen LogP contribution in [0.25, 0.3) is 0 Å². The molecule has 0 heterocycles. The van der Waals surface area contributed by atoms with Crippen LogP contribution in [0.3, 0.4) is 0 Å². The first kappa shape index (κ1) is 93.5. The van der Waals surface area contributed by atoms with Gasteiger partial charge in [0, 0.05) is 0 Å². The van der Waals surface area contributed by atoms with E-state index in [1.54, 1.807) is 0 Å². The quantitative estimate of drug-likeness (QED) is 0.190. The molecule has 0 saturated heterocycles. The summed E-state index contributed by atoms with van der Waals surface area (Å²) in [5.74, 6) is 0. The molecule has 16 heteroatoms. The van der Waals surface area contributed by atoms with E-state index in [9.17, 15) is 0 Å². The van der Waals surface area contributed by atoms with E-state index in [1.807, 2.05) is 0 Å². The zero-order chi connectivity index (χ0) is 7.21. The van der Waals surface area contributed by atoms with Crippen LogP contribution in [-0.2, 0) is 9.36 Å². The van der Waals surface area contributed by atoms with Crippen LogP contribution >= 0.6 is 7.82 Å². The largest absolute Gasteiger partial charge is 1.00 e. The summed E-state index contributed by atoms with van der Waals surface area (Å²) in [6, 6.07) is 0. The predicted octanol–water partition coefficient (Wildman–Crippen LogP) is -14.8. The number of hydrogen-bond donors (Lipinski definition) is 4. The monoisotopic (exact) mass is 324 g/mol. The van der Waals surface area contributed by atoms with Gasteiger partial charge in [0.25, 0.3) is 6.47 Å². The number of rotatable bonds is 0. The molecule has 0 saturated carbocycles. The summed E-state index contributed by atoms with van der Waals surface area (Å²) < 4.78 is 8.88. The van der Waals surface area contributed by atoms with Gasteiger partial charge in [0.05, 0.1) is 0 Å². The first-order chi connectivity index (χ1) is 3.41. The zero-order valence-electron chi connectivity index (χ0n) is 12.6. The van der Waals surface area contributed by atoms with Crippen LogP contribution in [0.15, 0.2) is 0 Å². The van der Waals surface area contributed by atoms with Crippen molar-refractivity contribution in [3.8, 4) is 0 Å². The molecule has 0 aliphatic rings. The van der Waals surface area contributed by atoms with Crippen LogP contribution in [-0.4, -0.2) is 59.1 Å². The standard InChI is InChI=1S/CH2O2.3Na.H3O4P.6H2O.3H/c2-1-3;;;;1-5(2,3)4;;;;;;;;;/h1H,(H,2,3);;;;(H3,1,2,3,4);6*1H2;;;/q;3*+1;;;;;;;;3*-1. The Morgan fingerprint density at radius 2 is 0.765 bits per heavy atom. The number of carboxylic acid groups (broad SMARTS) is 1. The van der Waals surface area contributed by atoms with Gasteiger partial charge in [-0.25, -0.2) is 4.57 Å². The Labute approximate surface area is 167 Å². The van der Waals surface area contributed by atoms with Crippen molar-refractivity contribution in [3.05, 3.63) is 0 Å². The van der Waals surface area contributed by atoms with Crippen molar-refractivity contribution >= 4 is 14.3 Å². The fourth-order valence-electron chi connectivity index (χ4n) is 0. The average Bonchev–Trinajstić information content (AvgIpc) is 1.27. The second-order valence-corrected chi connectivity index (χ2v) is 1.65. The normalized spacial score (nSPS) is 4.18. The van der Waals surface area contributed by atoms with Gasteiger partial charge in [-0.3, -0.25) is 4.79 Å². The SMILES string of the molecule is O.O.O.O.O.O.O=CO.O=P(O)(O)O.[H-].[H-].[H-].[Na+].[Na+].[Na+]. The summed E-state index contributed by atoms with van der Waals surface area (Å²) in [7, 11) is -4.64. The molecule has 17 heavy (non-hydrogen) atoms. The molecule has 0 radical (unpaired) electrons. The minimum atomic E-state index is -4.64. The summed E-state index contributed by atoms with van der Waals surface area (Å²) in [6.07, 6.45) is 0. The fourth-order valence-corrected chi connectivity index (χ4v) is 0. The van der Waals surface area contributed by atoms with E-state index in [0.29, 0.717) is 0 Å². The molecular weight excluding hydrogens is 304 g/mol. The Balaban J connectivity index is -0.00000000192. The summed E-state index contributed by atoms with van der Waals surface area (Å²) in [6.45, 7) is -0.250. The van der Waals surface area contributed by atoms with Crippen LogP contribution in [0.4, 0.5) is 0 Å². The van der Waals surface area contributed by atoms with E-state index < -0.39 is 7.82 Å². The molecule has 104 valence electrons. The Kier molecular flexibility index (Phi) is 348. The summed E-state index contributed by atoms with van der Waals surface area (Å²) >= 11 is 0. The summed E-state index contributed by atoms with van der Waals surface area (Å²) in [4.78, 5) is 29.9. The molecule has 0 rings (SSSR count).